The molecule has 0 saturated heterocycles. The average Bonchev–Trinajstić information content (AvgIpc) is 2.73. The molecular formula is C23H26N2O4. The highest BCUT2D eigenvalue weighted by atomic mass is 16.5. The maximum Gasteiger partial charge on any atom is 0.330 e. The quantitative estimate of drug-likeness (QED) is 0.504. The highest BCUT2D eigenvalue weighted by Gasteiger charge is 2.38. The number of nitrogens with one attached hydrogen (secondary N) is 1. The monoisotopic (exact) mass is 394 g/mol. The van der Waals surface area contributed by atoms with Crippen LogP contribution in [-0.4, -0.2) is 30.4 Å². The number of carbonyl (C=O) groups is 3. The summed E-state index contributed by atoms with van der Waals surface area (Å²) in [5.41, 5.74) is 6.02. The number of amides is 2. The lowest BCUT2D eigenvalue weighted by Gasteiger charge is -2.31. The summed E-state index contributed by atoms with van der Waals surface area (Å²) in [6, 6.07) is 17.7. The summed E-state index contributed by atoms with van der Waals surface area (Å²) in [4.78, 5) is 36.7. The van der Waals surface area contributed by atoms with Gasteiger partial charge in [-0.25, -0.2) is 4.79 Å². The second-order valence-electron chi connectivity index (χ2n) is 6.68. The van der Waals surface area contributed by atoms with Gasteiger partial charge in [-0.3, -0.25) is 9.59 Å². The van der Waals surface area contributed by atoms with Gasteiger partial charge in [0, 0.05) is 6.08 Å². The van der Waals surface area contributed by atoms with Crippen LogP contribution >= 0.6 is 0 Å². The minimum absolute atomic E-state index is 0.0829. The highest BCUT2D eigenvalue weighted by Crippen LogP contribution is 2.32. The fourth-order valence-corrected chi connectivity index (χ4v) is 3.01. The summed E-state index contributed by atoms with van der Waals surface area (Å²) in [7, 11) is 0. The molecule has 0 aromatic heterocycles. The molecule has 6 heteroatoms. The van der Waals surface area contributed by atoms with Crippen LogP contribution in [0, 0.1) is 0 Å². The molecule has 2 rings (SSSR count). The lowest BCUT2D eigenvalue weighted by molar-refractivity contribution is -0.137. The second-order valence-corrected chi connectivity index (χ2v) is 6.68. The molecule has 0 unspecified atom stereocenters. The van der Waals surface area contributed by atoms with Crippen LogP contribution in [0.3, 0.4) is 0 Å². The second kappa shape index (κ2) is 10.2. The molecule has 0 aliphatic heterocycles. The molecule has 0 saturated carbocycles. The summed E-state index contributed by atoms with van der Waals surface area (Å²) in [5, 5.41) is 2.74. The molecule has 29 heavy (non-hydrogen) atoms. The van der Waals surface area contributed by atoms with E-state index in [9.17, 15) is 14.4 Å². The lowest BCUT2D eigenvalue weighted by atomic mass is 9.75. The van der Waals surface area contributed by atoms with Crippen LogP contribution in [-0.2, 0) is 24.5 Å². The summed E-state index contributed by atoms with van der Waals surface area (Å²) >= 11 is 0. The minimum Gasteiger partial charge on any atom is -0.463 e. The van der Waals surface area contributed by atoms with Gasteiger partial charge in [0.25, 0.3) is 0 Å². The third-order valence-electron chi connectivity index (χ3n) is 4.72. The first-order chi connectivity index (χ1) is 13.9. The van der Waals surface area contributed by atoms with Crippen LogP contribution in [0.2, 0.25) is 0 Å². The predicted octanol–water partition coefficient (Wildman–Crippen LogP) is 2.47. The van der Waals surface area contributed by atoms with Gasteiger partial charge in [-0.05, 0) is 31.4 Å². The maximum absolute atomic E-state index is 13.3. The van der Waals surface area contributed by atoms with E-state index >= 15 is 0 Å². The number of nitrogens with two attached hydrogens (primary N) is 1. The lowest BCUT2D eigenvalue weighted by Crippen LogP contribution is -2.51. The zero-order valence-electron chi connectivity index (χ0n) is 16.6. The Morgan fingerprint density at radius 2 is 1.55 bits per heavy atom. The Balaban J connectivity index is 2.28. The van der Waals surface area contributed by atoms with Crippen molar-refractivity contribution in [2.45, 2.75) is 31.7 Å². The average molecular weight is 394 g/mol. The third kappa shape index (κ3) is 5.54. The van der Waals surface area contributed by atoms with Crippen LogP contribution in [0.15, 0.2) is 72.8 Å². The van der Waals surface area contributed by atoms with Crippen molar-refractivity contribution in [3.63, 3.8) is 0 Å². The van der Waals surface area contributed by atoms with Crippen LogP contribution in [0.25, 0.3) is 0 Å². The molecule has 0 fully saturated rings. The number of carbonyl (C=O) groups excluding carboxylic acids is 3. The topological polar surface area (TPSA) is 98.5 Å². The largest absolute Gasteiger partial charge is 0.463 e. The molecular weight excluding hydrogens is 368 g/mol. The zero-order chi connectivity index (χ0) is 21.3. The standard InChI is InChI=1S/C23H26N2O4/c1-3-29-20(26)16-10-15-19(21(24)27)25-22(28)23(2,17-11-6-4-7-12-17)18-13-8-5-9-14-18/h4-14,16,19H,3,15H2,1-2H3,(H2,24,27)(H,25,28)/b16-10+/t19-/m1/s1. The van der Waals surface area contributed by atoms with Gasteiger partial charge < -0.3 is 15.8 Å². The van der Waals surface area contributed by atoms with Gasteiger partial charge in [0.1, 0.15) is 6.04 Å². The zero-order valence-corrected chi connectivity index (χ0v) is 16.6. The summed E-state index contributed by atoms with van der Waals surface area (Å²) < 4.78 is 4.81. The molecule has 2 amide bonds. The Morgan fingerprint density at radius 3 is 2.00 bits per heavy atom. The van der Waals surface area contributed by atoms with Crippen molar-refractivity contribution >= 4 is 17.8 Å². The van der Waals surface area contributed by atoms with Crippen molar-refractivity contribution in [1.82, 2.24) is 5.32 Å². The van der Waals surface area contributed by atoms with E-state index in [1.165, 1.54) is 12.2 Å². The van der Waals surface area contributed by atoms with Crippen LogP contribution in [0.4, 0.5) is 0 Å². The number of rotatable bonds is 9. The van der Waals surface area contributed by atoms with Gasteiger partial charge in [0.05, 0.1) is 12.0 Å². The van der Waals surface area contributed by atoms with Crippen molar-refractivity contribution < 1.29 is 19.1 Å². The molecule has 0 aliphatic carbocycles. The SMILES string of the molecule is CCOC(=O)/C=C/C[C@@H](NC(=O)C(C)(c1ccccc1)c1ccccc1)C(N)=O. The van der Waals surface area contributed by atoms with Gasteiger partial charge in [-0.1, -0.05) is 66.7 Å². The highest BCUT2D eigenvalue weighted by molar-refractivity contribution is 5.95. The van der Waals surface area contributed by atoms with E-state index < -0.39 is 23.3 Å². The molecule has 2 aromatic rings. The Hall–Kier alpha value is -3.41. The summed E-state index contributed by atoms with van der Waals surface area (Å²) in [5.74, 6) is -1.56. The number of ether oxygens (including phenoxy) is 1. The van der Waals surface area contributed by atoms with Gasteiger partial charge in [-0.15, -0.1) is 0 Å². The first kappa shape index (κ1) is 21.9. The van der Waals surface area contributed by atoms with Crippen LogP contribution in [0.1, 0.15) is 31.4 Å². The Labute approximate surface area is 170 Å². The number of hydrogen-bond acceptors (Lipinski definition) is 4. The van der Waals surface area contributed by atoms with E-state index in [0.29, 0.717) is 0 Å². The molecule has 3 N–H and O–H groups in total. The molecule has 6 nitrogen and oxygen atoms in total. The van der Waals surface area contributed by atoms with Crippen molar-refractivity contribution in [2.24, 2.45) is 5.73 Å². The van der Waals surface area contributed by atoms with E-state index in [2.05, 4.69) is 5.32 Å². The van der Waals surface area contributed by atoms with E-state index in [4.69, 9.17) is 10.5 Å². The van der Waals surface area contributed by atoms with Gasteiger partial charge in [0.15, 0.2) is 0 Å². The van der Waals surface area contributed by atoms with Crippen molar-refractivity contribution in [3.05, 3.63) is 83.9 Å². The molecule has 0 spiro atoms. The first-order valence-electron chi connectivity index (χ1n) is 9.44. The van der Waals surface area contributed by atoms with E-state index in [-0.39, 0.29) is 18.9 Å². The van der Waals surface area contributed by atoms with Crippen LogP contribution in [0.5, 0.6) is 0 Å². The van der Waals surface area contributed by atoms with Crippen molar-refractivity contribution in [2.75, 3.05) is 6.61 Å². The number of esters is 1. The van der Waals surface area contributed by atoms with Gasteiger partial charge in [0.2, 0.25) is 11.8 Å². The number of hydrogen-bond donors (Lipinski definition) is 2. The normalized spacial score (nSPS) is 12.3. The number of primary amides is 1. The van der Waals surface area contributed by atoms with Gasteiger partial charge >= 0.3 is 5.97 Å². The predicted molar refractivity (Wildman–Crippen MR) is 111 cm³/mol. The molecule has 152 valence electrons. The van der Waals surface area contributed by atoms with E-state index in [1.807, 2.05) is 60.7 Å². The fourth-order valence-electron chi connectivity index (χ4n) is 3.01. The van der Waals surface area contributed by atoms with Crippen LogP contribution < -0.4 is 11.1 Å². The first-order valence-corrected chi connectivity index (χ1v) is 9.44. The molecule has 0 radical (unpaired) electrons. The third-order valence-corrected chi connectivity index (χ3v) is 4.72. The number of benzene rings is 2. The van der Waals surface area contributed by atoms with Gasteiger partial charge in [-0.2, -0.15) is 0 Å². The molecule has 0 heterocycles. The summed E-state index contributed by atoms with van der Waals surface area (Å²) in [6.07, 6.45) is 2.77. The molecule has 0 aliphatic rings. The van der Waals surface area contributed by atoms with Crippen molar-refractivity contribution in [1.29, 1.82) is 0 Å². The molecule has 0 bridgehead atoms. The molecule has 1 atom stereocenters. The Kier molecular flexibility index (Phi) is 7.71. The fraction of sp³-hybridized carbons (Fsp3) is 0.261. The summed E-state index contributed by atoms with van der Waals surface area (Å²) in [6.45, 7) is 3.76. The maximum atomic E-state index is 13.3. The van der Waals surface area contributed by atoms with E-state index in [0.717, 1.165) is 11.1 Å². The Bertz CT molecular complexity index is 823. The van der Waals surface area contributed by atoms with E-state index in [1.54, 1.807) is 13.8 Å². The Morgan fingerprint density at radius 1 is 1.03 bits per heavy atom. The smallest absolute Gasteiger partial charge is 0.330 e. The van der Waals surface area contributed by atoms with Crippen molar-refractivity contribution in [3.8, 4) is 0 Å². The molecule has 2 aromatic carbocycles. The minimum atomic E-state index is -1.03.